The number of carbonyl (C=O) groups excluding carboxylic acids is 1. The van der Waals surface area contributed by atoms with E-state index < -0.39 is 0 Å². The van der Waals surface area contributed by atoms with Gasteiger partial charge in [-0.1, -0.05) is 0 Å². The molecule has 6 nitrogen and oxygen atoms in total. The second-order valence-corrected chi connectivity index (χ2v) is 7.85. The maximum Gasteiger partial charge on any atom is 0.289 e. The quantitative estimate of drug-likeness (QED) is 0.630. The van der Waals surface area contributed by atoms with Gasteiger partial charge in [-0.05, 0) is 69.0 Å². The Morgan fingerprint density at radius 1 is 1.27 bits per heavy atom. The molecule has 1 unspecified atom stereocenters. The van der Waals surface area contributed by atoms with Crippen LogP contribution in [0.25, 0.3) is 0 Å². The van der Waals surface area contributed by atoms with Gasteiger partial charge in [0.2, 0.25) is 0 Å². The molecule has 158 valence electrons. The van der Waals surface area contributed by atoms with Gasteiger partial charge < -0.3 is 14.1 Å². The van der Waals surface area contributed by atoms with E-state index in [1.165, 1.54) is 12.1 Å². The normalized spacial score (nSPS) is 16.2. The minimum atomic E-state index is -0.275. The van der Waals surface area contributed by atoms with E-state index in [2.05, 4.69) is 10.2 Å². The van der Waals surface area contributed by atoms with Crippen molar-refractivity contribution in [1.29, 1.82) is 0 Å². The summed E-state index contributed by atoms with van der Waals surface area (Å²) in [5, 5.41) is 7.18. The Kier molecular flexibility index (Phi) is 5.88. The SMILES string of the molecule is Cc1n[nH]c(C)c1Cc1ccc(C(=O)N2CCC(CCOc3ccc(F)cc3)C2)o1. The van der Waals surface area contributed by atoms with E-state index in [9.17, 15) is 9.18 Å². The summed E-state index contributed by atoms with van der Waals surface area (Å²) in [6.07, 6.45) is 2.41. The first-order chi connectivity index (χ1) is 14.5. The third-order valence-electron chi connectivity index (χ3n) is 5.69. The van der Waals surface area contributed by atoms with Crippen LogP contribution in [0.15, 0.2) is 40.8 Å². The second-order valence-electron chi connectivity index (χ2n) is 7.85. The maximum absolute atomic E-state index is 12.9. The highest BCUT2D eigenvalue weighted by molar-refractivity contribution is 5.91. The molecule has 30 heavy (non-hydrogen) atoms. The van der Waals surface area contributed by atoms with E-state index in [-0.39, 0.29) is 11.7 Å². The zero-order valence-corrected chi connectivity index (χ0v) is 17.3. The Bertz CT molecular complexity index is 990. The van der Waals surface area contributed by atoms with Crippen LogP contribution >= 0.6 is 0 Å². The number of amides is 1. The van der Waals surface area contributed by atoms with Crippen molar-refractivity contribution in [3.63, 3.8) is 0 Å². The van der Waals surface area contributed by atoms with Crippen molar-refractivity contribution >= 4 is 5.91 Å². The summed E-state index contributed by atoms with van der Waals surface area (Å²) in [6.45, 7) is 5.90. The summed E-state index contributed by atoms with van der Waals surface area (Å²) in [5.41, 5.74) is 3.06. The molecule has 4 rings (SSSR count). The highest BCUT2D eigenvalue weighted by Crippen LogP contribution is 2.24. The van der Waals surface area contributed by atoms with Crippen molar-refractivity contribution in [3.05, 3.63) is 70.7 Å². The van der Waals surface area contributed by atoms with Crippen LogP contribution in [0.2, 0.25) is 0 Å². The number of aromatic nitrogens is 2. The number of hydrogen-bond donors (Lipinski definition) is 1. The third-order valence-corrected chi connectivity index (χ3v) is 5.69. The van der Waals surface area contributed by atoms with E-state index >= 15 is 0 Å². The number of aromatic amines is 1. The molecule has 1 aromatic carbocycles. The van der Waals surface area contributed by atoms with Gasteiger partial charge in [0.1, 0.15) is 17.3 Å². The molecule has 0 spiro atoms. The van der Waals surface area contributed by atoms with Crippen molar-refractivity contribution in [2.45, 2.75) is 33.1 Å². The summed E-state index contributed by atoms with van der Waals surface area (Å²) >= 11 is 0. The molecule has 1 N–H and O–H groups in total. The average Bonchev–Trinajstić information content (AvgIpc) is 3.47. The van der Waals surface area contributed by atoms with Gasteiger partial charge in [-0.15, -0.1) is 0 Å². The Balaban J connectivity index is 1.27. The van der Waals surface area contributed by atoms with Gasteiger partial charge in [0.15, 0.2) is 5.76 Å². The van der Waals surface area contributed by atoms with Crippen molar-refractivity contribution in [2.24, 2.45) is 5.92 Å². The minimum Gasteiger partial charge on any atom is -0.494 e. The molecule has 2 aromatic heterocycles. The fourth-order valence-corrected chi connectivity index (χ4v) is 3.88. The number of benzene rings is 1. The zero-order valence-electron chi connectivity index (χ0n) is 17.3. The lowest BCUT2D eigenvalue weighted by molar-refractivity contribution is 0.0752. The molecule has 1 amide bonds. The smallest absolute Gasteiger partial charge is 0.289 e. The fraction of sp³-hybridized carbons (Fsp3) is 0.391. The first kappa shape index (κ1) is 20.2. The Hall–Kier alpha value is -3.09. The molecular weight excluding hydrogens is 385 g/mol. The van der Waals surface area contributed by atoms with E-state index in [1.54, 1.807) is 18.2 Å². The molecule has 1 atom stereocenters. The molecule has 1 aliphatic rings. The Labute approximate surface area is 175 Å². The predicted octanol–water partition coefficient (Wildman–Crippen LogP) is 4.28. The van der Waals surface area contributed by atoms with Gasteiger partial charge in [0.05, 0.1) is 12.3 Å². The molecule has 0 aliphatic carbocycles. The number of hydrogen-bond acceptors (Lipinski definition) is 4. The number of nitrogens with zero attached hydrogens (tertiary/aromatic N) is 2. The first-order valence-electron chi connectivity index (χ1n) is 10.3. The highest BCUT2D eigenvalue weighted by atomic mass is 19.1. The summed E-state index contributed by atoms with van der Waals surface area (Å²) < 4.78 is 24.5. The van der Waals surface area contributed by atoms with Crippen LogP contribution in [0.4, 0.5) is 4.39 Å². The summed E-state index contributed by atoms with van der Waals surface area (Å²) in [6, 6.07) is 9.65. The van der Waals surface area contributed by atoms with E-state index in [0.29, 0.717) is 37.0 Å². The van der Waals surface area contributed by atoms with Crippen LogP contribution in [0, 0.1) is 25.6 Å². The van der Waals surface area contributed by atoms with Crippen LogP contribution in [-0.4, -0.2) is 40.7 Å². The Morgan fingerprint density at radius 2 is 2.07 bits per heavy atom. The molecule has 1 saturated heterocycles. The minimum absolute atomic E-state index is 0.0659. The van der Waals surface area contributed by atoms with Gasteiger partial charge in [-0.2, -0.15) is 5.10 Å². The number of ether oxygens (including phenoxy) is 1. The van der Waals surface area contributed by atoms with Crippen LogP contribution < -0.4 is 4.74 Å². The number of halogens is 1. The molecule has 3 heterocycles. The van der Waals surface area contributed by atoms with Crippen molar-refractivity contribution < 1.29 is 18.3 Å². The standard InChI is InChI=1S/C23H26FN3O3/c1-15-21(16(2)26-25-15)13-20-7-8-22(30-20)23(28)27-11-9-17(14-27)10-12-29-19-5-3-18(24)4-6-19/h3-8,17H,9-14H2,1-2H3,(H,25,26). The van der Waals surface area contributed by atoms with Crippen LogP contribution in [0.1, 0.15) is 46.1 Å². The summed E-state index contributed by atoms with van der Waals surface area (Å²) in [5.74, 6) is 1.85. The van der Waals surface area contributed by atoms with Gasteiger partial charge in [0, 0.05) is 30.8 Å². The highest BCUT2D eigenvalue weighted by Gasteiger charge is 2.28. The molecule has 3 aromatic rings. The average molecular weight is 411 g/mol. The summed E-state index contributed by atoms with van der Waals surface area (Å²) in [4.78, 5) is 14.7. The number of carbonyl (C=O) groups is 1. The lowest BCUT2D eigenvalue weighted by Crippen LogP contribution is -2.28. The van der Waals surface area contributed by atoms with Gasteiger partial charge >= 0.3 is 0 Å². The predicted molar refractivity (Wildman–Crippen MR) is 110 cm³/mol. The number of rotatable bonds is 7. The van der Waals surface area contributed by atoms with E-state index in [1.807, 2.05) is 24.8 Å². The molecule has 7 heteroatoms. The molecular formula is C23H26FN3O3. The van der Waals surface area contributed by atoms with E-state index in [0.717, 1.165) is 42.1 Å². The lowest BCUT2D eigenvalue weighted by Gasteiger charge is -2.15. The van der Waals surface area contributed by atoms with Crippen molar-refractivity contribution in [3.8, 4) is 5.75 Å². The number of aryl methyl sites for hydroxylation is 2. The fourth-order valence-electron chi connectivity index (χ4n) is 3.88. The third kappa shape index (κ3) is 4.56. The molecule has 1 fully saturated rings. The number of furan rings is 1. The van der Waals surface area contributed by atoms with Crippen molar-refractivity contribution in [2.75, 3.05) is 19.7 Å². The molecule has 1 aliphatic heterocycles. The summed E-state index contributed by atoms with van der Waals surface area (Å²) in [7, 11) is 0. The van der Waals surface area contributed by atoms with Crippen LogP contribution in [0.3, 0.4) is 0 Å². The van der Waals surface area contributed by atoms with Gasteiger partial charge in [-0.3, -0.25) is 9.89 Å². The lowest BCUT2D eigenvalue weighted by atomic mass is 10.1. The van der Waals surface area contributed by atoms with Gasteiger partial charge in [-0.25, -0.2) is 4.39 Å². The van der Waals surface area contributed by atoms with Gasteiger partial charge in [0.25, 0.3) is 5.91 Å². The molecule has 0 radical (unpaired) electrons. The Morgan fingerprint density at radius 3 is 2.80 bits per heavy atom. The topological polar surface area (TPSA) is 71.4 Å². The number of H-pyrrole nitrogens is 1. The van der Waals surface area contributed by atoms with Crippen LogP contribution in [-0.2, 0) is 6.42 Å². The monoisotopic (exact) mass is 411 g/mol. The first-order valence-corrected chi connectivity index (χ1v) is 10.3. The van der Waals surface area contributed by atoms with E-state index in [4.69, 9.17) is 9.15 Å². The molecule has 0 saturated carbocycles. The molecule has 0 bridgehead atoms. The number of nitrogens with one attached hydrogen (secondary N) is 1. The van der Waals surface area contributed by atoms with Crippen LogP contribution in [0.5, 0.6) is 5.75 Å². The zero-order chi connectivity index (χ0) is 21.1. The van der Waals surface area contributed by atoms with Crippen molar-refractivity contribution in [1.82, 2.24) is 15.1 Å². The number of likely N-dealkylation sites (tertiary alicyclic amines) is 1. The maximum atomic E-state index is 12.9. The second kappa shape index (κ2) is 8.73. The largest absolute Gasteiger partial charge is 0.494 e.